The van der Waals surface area contributed by atoms with E-state index in [1.165, 1.54) is 12.8 Å². The SMILES string of the molecule is C=C(C)[C@@H]1CC2(CC2)OC(C)(C)O1. The van der Waals surface area contributed by atoms with Crippen LogP contribution >= 0.6 is 0 Å². The van der Waals surface area contributed by atoms with Crippen LogP contribution in [0.2, 0.25) is 0 Å². The monoisotopic (exact) mass is 182 g/mol. The molecule has 0 unspecified atom stereocenters. The van der Waals surface area contributed by atoms with Crippen LogP contribution in [0.1, 0.15) is 40.0 Å². The Hall–Kier alpha value is -0.340. The van der Waals surface area contributed by atoms with Crippen LogP contribution in [0.5, 0.6) is 0 Å². The van der Waals surface area contributed by atoms with Crippen molar-refractivity contribution in [2.75, 3.05) is 0 Å². The fraction of sp³-hybridized carbons (Fsp3) is 0.818. The first-order valence-electron chi connectivity index (χ1n) is 4.96. The second-order valence-corrected chi connectivity index (χ2v) is 4.84. The van der Waals surface area contributed by atoms with Crippen molar-refractivity contribution in [2.45, 2.75) is 57.5 Å². The second-order valence-electron chi connectivity index (χ2n) is 4.84. The predicted octanol–water partition coefficient (Wildman–Crippen LogP) is 2.64. The van der Waals surface area contributed by atoms with Crippen molar-refractivity contribution in [3.8, 4) is 0 Å². The van der Waals surface area contributed by atoms with Crippen LogP contribution < -0.4 is 0 Å². The Morgan fingerprint density at radius 2 is 2.00 bits per heavy atom. The van der Waals surface area contributed by atoms with Gasteiger partial charge in [0.25, 0.3) is 0 Å². The summed E-state index contributed by atoms with van der Waals surface area (Å²) in [5, 5.41) is 0. The topological polar surface area (TPSA) is 18.5 Å². The van der Waals surface area contributed by atoms with Gasteiger partial charge in [0.15, 0.2) is 5.79 Å². The van der Waals surface area contributed by atoms with Crippen molar-refractivity contribution in [1.29, 1.82) is 0 Å². The van der Waals surface area contributed by atoms with Crippen LogP contribution in [0.4, 0.5) is 0 Å². The minimum absolute atomic E-state index is 0.130. The molecule has 74 valence electrons. The molecule has 1 spiro atoms. The van der Waals surface area contributed by atoms with Crippen molar-refractivity contribution < 1.29 is 9.47 Å². The van der Waals surface area contributed by atoms with Crippen LogP contribution in [0.15, 0.2) is 12.2 Å². The lowest BCUT2D eigenvalue weighted by molar-refractivity contribution is -0.301. The van der Waals surface area contributed by atoms with Gasteiger partial charge in [0, 0.05) is 6.42 Å². The zero-order valence-electron chi connectivity index (χ0n) is 8.72. The highest BCUT2D eigenvalue weighted by Crippen LogP contribution is 2.51. The normalized spacial score (nSPS) is 34.5. The van der Waals surface area contributed by atoms with Gasteiger partial charge in [-0.25, -0.2) is 0 Å². The van der Waals surface area contributed by atoms with Crippen LogP contribution in [0.3, 0.4) is 0 Å². The minimum atomic E-state index is -0.432. The van der Waals surface area contributed by atoms with Gasteiger partial charge in [-0.2, -0.15) is 0 Å². The van der Waals surface area contributed by atoms with Crippen LogP contribution in [-0.4, -0.2) is 17.5 Å². The molecule has 13 heavy (non-hydrogen) atoms. The van der Waals surface area contributed by atoms with E-state index in [9.17, 15) is 0 Å². The van der Waals surface area contributed by atoms with E-state index < -0.39 is 5.79 Å². The molecule has 1 saturated carbocycles. The molecular weight excluding hydrogens is 164 g/mol. The second kappa shape index (κ2) is 2.58. The van der Waals surface area contributed by atoms with Crippen molar-refractivity contribution >= 4 is 0 Å². The first-order chi connectivity index (χ1) is 5.93. The van der Waals surface area contributed by atoms with E-state index in [-0.39, 0.29) is 11.7 Å². The number of rotatable bonds is 1. The maximum Gasteiger partial charge on any atom is 0.164 e. The standard InChI is InChI=1S/C11H18O2/c1-8(2)9-7-11(5-6-11)13-10(3,4)12-9/h9H,1,5-7H2,2-4H3/t9-/m0/s1. The van der Waals surface area contributed by atoms with Gasteiger partial charge in [-0.3, -0.25) is 0 Å². The number of hydrogen-bond acceptors (Lipinski definition) is 2. The van der Waals surface area contributed by atoms with E-state index >= 15 is 0 Å². The van der Waals surface area contributed by atoms with Crippen LogP contribution in [-0.2, 0) is 9.47 Å². The van der Waals surface area contributed by atoms with Crippen LogP contribution in [0.25, 0.3) is 0 Å². The zero-order chi connectivity index (χ0) is 9.69. The first kappa shape index (κ1) is 9.22. The summed E-state index contributed by atoms with van der Waals surface area (Å²) in [4.78, 5) is 0. The molecule has 2 fully saturated rings. The molecule has 2 nitrogen and oxygen atoms in total. The number of hydrogen-bond donors (Lipinski definition) is 0. The molecular formula is C11H18O2. The average Bonchev–Trinajstić information content (AvgIpc) is 2.64. The third-order valence-electron chi connectivity index (χ3n) is 2.80. The van der Waals surface area contributed by atoms with Crippen molar-refractivity contribution in [2.24, 2.45) is 0 Å². The van der Waals surface area contributed by atoms with E-state index in [2.05, 4.69) is 6.58 Å². The molecule has 1 heterocycles. The van der Waals surface area contributed by atoms with Crippen molar-refractivity contribution in [3.63, 3.8) is 0 Å². The zero-order valence-corrected chi connectivity index (χ0v) is 8.72. The fourth-order valence-electron chi connectivity index (χ4n) is 2.03. The van der Waals surface area contributed by atoms with E-state index in [4.69, 9.17) is 9.47 Å². The van der Waals surface area contributed by atoms with Gasteiger partial charge in [-0.1, -0.05) is 12.2 Å². The van der Waals surface area contributed by atoms with Gasteiger partial charge in [0.05, 0.1) is 11.7 Å². The molecule has 2 rings (SSSR count). The number of ether oxygens (including phenoxy) is 2. The maximum absolute atomic E-state index is 5.89. The van der Waals surface area contributed by atoms with Crippen LogP contribution in [0, 0.1) is 0 Å². The molecule has 2 heteroatoms. The lowest BCUT2D eigenvalue weighted by Crippen LogP contribution is -2.46. The van der Waals surface area contributed by atoms with Gasteiger partial charge in [-0.15, -0.1) is 0 Å². The summed E-state index contributed by atoms with van der Waals surface area (Å²) in [7, 11) is 0. The van der Waals surface area contributed by atoms with Gasteiger partial charge in [0.1, 0.15) is 0 Å². The largest absolute Gasteiger partial charge is 0.344 e. The Morgan fingerprint density at radius 1 is 1.38 bits per heavy atom. The molecule has 1 aliphatic carbocycles. The summed E-state index contributed by atoms with van der Waals surface area (Å²) < 4.78 is 11.7. The lowest BCUT2D eigenvalue weighted by atomic mass is 10.0. The third-order valence-corrected chi connectivity index (χ3v) is 2.80. The predicted molar refractivity (Wildman–Crippen MR) is 51.4 cm³/mol. The first-order valence-corrected chi connectivity index (χ1v) is 4.96. The van der Waals surface area contributed by atoms with E-state index in [1.807, 2.05) is 20.8 Å². The molecule has 0 aromatic heterocycles. The summed E-state index contributed by atoms with van der Waals surface area (Å²) >= 11 is 0. The Bertz CT molecular complexity index is 232. The van der Waals surface area contributed by atoms with Gasteiger partial charge < -0.3 is 9.47 Å². The summed E-state index contributed by atoms with van der Waals surface area (Å²) in [6.45, 7) is 9.96. The highest BCUT2D eigenvalue weighted by molar-refractivity contribution is 5.09. The van der Waals surface area contributed by atoms with Crippen molar-refractivity contribution in [3.05, 3.63) is 12.2 Å². The summed E-state index contributed by atoms with van der Waals surface area (Å²) in [5.41, 5.74) is 1.24. The summed E-state index contributed by atoms with van der Waals surface area (Å²) in [6.07, 6.45) is 3.55. The highest BCUT2D eigenvalue weighted by atomic mass is 16.7. The molecule has 0 aromatic rings. The average molecular weight is 182 g/mol. The maximum atomic E-state index is 5.89. The molecule has 0 radical (unpaired) electrons. The molecule has 0 bridgehead atoms. The minimum Gasteiger partial charge on any atom is -0.344 e. The Morgan fingerprint density at radius 3 is 2.46 bits per heavy atom. The molecule has 1 atom stereocenters. The molecule has 1 saturated heterocycles. The Balaban J connectivity index is 2.12. The molecule has 0 amide bonds. The van der Waals surface area contributed by atoms with Gasteiger partial charge in [0.2, 0.25) is 0 Å². The smallest absolute Gasteiger partial charge is 0.164 e. The fourth-order valence-corrected chi connectivity index (χ4v) is 2.03. The lowest BCUT2D eigenvalue weighted by Gasteiger charge is -2.41. The molecule has 0 aromatic carbocycles. The Labute approximate surface area is 79.9 Å². The molecule has 2 aliphatic rings. The molecule has 1 aliphatic heterocycles. The Kier molecular flexibility index (Phi) is 1.83. The van der Waals surface area contributed by atoms with E-state index in [0.717, 1.165) is 12.0 Å². The van der Waals surface area contributed by atoms with Gasteiger partial charge >= 0.3 is 0 Å². The molecule has 0 N–H and O–H groups in total. The van der Waals surface area contributed by atoms with Crippen molar-refractivity contribution in [1.82, 2.24) is 0 Å². The van der Waals surface area contributed by atoms with E-state index in [0.29, 0.717) is 0 Å². The quantitative estimate of drug-likeness (QED) is 0.580. The third kappa shape index (κ3) is 1.79. The summed E-state index contributed by atoms with van der Waals surface area (Å²) in [6, 6.07) is 0. The van der Waals surface area contributed by atoms with E-state index in [1.54, 1.807) is 0 Å². The van der Waals surface area contributed by atoms with Gasteiger partial charge in [-0.05, 0) is 33.6 Å². The highest BCUT2D eigenvalue weighted by Gasteiger charge is 2.53. The summed E-state index contributed by atoms with van der Waals surface area (Å²) in [5.74, 6) is -0.432.